The van der Waals surface area contributed by atoms with E-state index in [1.165, 1.54) is 24.8 Å². The molecule has 1 aliphatic carbocycles. The lowest BCUT2D eigenvalue weighted by molar-refractivity contribution is 0.332. The van der Waals surface area contributed by atoms with Gasteiger partial charge < -0.3 is 10.1 Å². The van der Waals surface area contributed by atoms with Crippen molar-refractivity contribution in [3.63, 3.8) is 0 Å². The van der Waals surface area contributed by atoms with E-state index in [4.69, 9.17) is 4.74 Å². The topological polar surface area (TPSA) is 21.3 Å². The fraction of sp³-hybridized carbons (Fsp3) is 0.625. The predicted octanol–water partition coefficient (Wildman–Crippen LogP) is 3.78. The molecule has 100 valence electrons. The highest BCUT2D eigenvalue weighted by Crippen LogP contribution is 2.44. The molecule has 0 bridgehead atoms. The Morgan fingerprint density at radius 1 is 1.33 bits per heavy atom. The van der Waals surface area contributed by atoms with E-state index in [1.807, 2.05) is 6.07 Å². The van der Waals surface area contributed by atoms with Crippen LogP contribution in [0, 0.1) is 11.8 Å². The summed E-state index contributed by atoms with van der Waals surface area (Å²) in [6.07, 6.45) is 3.95. The van der Waals surface area contributed by atoms with Crippen LogP contribution < -0.4 is 10.1 Å². The van der Waals surface area contributed by atoms with Crippen LogP contribution in [0.1, 0.15) is 44.7 Å². The van der Waals surface area contributed by atoms with Crippen molar-refractivity contribution in [1.29, 1.82) is 0 Å². The lowest BCUT2D eigenvalue weighted by atomic mass is 9.90. The van der Waals surface area contributed by atoms with Crippen LogP contribution >= 0.6 is 0 Å². The first kappa shape index (κ1) is 13.4. The molecule has 0 amide bonds. The number of hydrogen-bond acceptors (Lipinski definition) is 2. The van der Waals surface area contributed by atoms with Gasteiger partial charge in [-0.25, -0.2) is 0 Å². The Hall–Kier alpha value is -1.02. The van der Waals surface area contributed by atoms with Crippen LogP contribution in [0.3, 0.4) is 0 Å². The molecule has 1 aromatic rings. The van der Waals surface area contributed by atoms with Crippen molar-refractivity contribution >= 4 is 0 Å². The van der Waals surface area contributed by atoms with Crippen molar-refractivity contribution in [3.05, 3.63) is 29.8 Å². The van der Waals surface area contributed by atoms with Crippen molar-refractivity contribution in [3.8, 4) is 5.75 Å². The Kier molecular flexibility index (Phi) is 4.65. The average Bonchev–Trinajstić information content (AvgIpc) is 3.23. The van der Waals surface area contributed by atoms with Crippen LogP contribution in [-0.2, 0) is 0 Å². The van der Waals surface area contributed by atoms with Crippen molar-refractivity contribution in [2.24, 2.45) is 11.8 Å². The Bertz CT molecular complexity index is 373. The zero-order valence-corrected chi connectivity index (χ0v) is 11.8. The van der Waals surface area contributed by atoms with E-state index in [0.29, 0.717) is 12.0 Å². The first-order valence-electron chi connectivity index (χ1n) is 7.14. The number of benzene rings is 1. The number of ether oxygens (including phenoxy) is 1. The molecule has 0 heterocycles. The molecule has 2 heteroatoms. The Balaban J connectivity index is 2.20. The molecule has 2 unspecified atom stereocenters. The normalized spacial score (nSPS) is 18.4. The molecule has 0 saturated heterocycles. The fourth-order valence-electron chi connectivity index (χ4n) is 2.70. The van der Waals surface area contributed by atoms with Crippen molar-refractivity contribution in [1.82, 2.24) is 5.32 Å². The standard InChI is InChI=1S/C16H25NO/c1-4-11-17-16(12(2)13-9-10-13)14-7-5-6-8-15(14)18-3/h5-8,12-13,16-17H,4,9-11H2,1-3H3. The van der Waals surface area contributed by atoms with Gasteiger partial charge in [0, 0.05) is 11.6 Å². The second-order valence-corrected chi connectivity index (χ2v) is 5.37. The fourth-order valence-corrected chi connectivity index (χ4v) is 2.70. The molecule has 1 N–H and O–H groups in total. The van der Waals surface area contributed by atoms with E-state index in [0.717, 1.165) is 18.2 Å². The number of nitrogens with one attached hydrogen (secondary N) is 1. The molecular weight excluding hydrogens is 222 g/mol. The SMILES string of the molecule is CCCNC(c1ccccc1OC)C(C)C1CC1. The molecule has 18 heavy (non-hydrogen) atoms. The van der Waals surface area contributed by atoms with Gasteiger partial charge in [0.25, 0.3) is 0 Å². The molecule has 1 aromatic carbocycles. The van der Waals surface area contributed by atoms with Gasteiger partial charge in [0.2, 0.25) is 0 Å². The predicted molar refractivity (Wildman–Crippen MR) is 75.9 cm³/mol. The Morgan fingerprint density at radius 3 is 2.67 bits per heavy atom. The van der Waals surface area contributed by atoms with Crippen LogP contribution in [-0.4, -0.2) is 13.7 Å². The summed E-state index contributed by atoms with van der Waals surface area (Å²) < 4.78 is 5.52. The van der Waals surface area contributed by atoms with Gasteiger partial charge in [0.05, 0.1) is 7.11 Å². The second-order valence-electron chi connectivity index (χ2n) is 5.37. The van der Waals surface area contributed by atoms with E-state index >= 15 is 0 Å². The first-order valence-corrected chi connectivity index (χ1v) is 7.14. The molecule has 0 radical (unpaired) electrons. The van der Waals surface area contributed by atoms with Crippen molar-refractivity contribution in [2.75, 3.05) is 13.7 Å². The van der Waals surface area contributed by atoms with E-state index in [1.54, 1.807) is 7.11 Å². The maximum atomic E-state index is 5.52. The number of para-hydroxylation sites is 1. The van der Waals surface area contributed by atoms with E-state index in [-0.39, 0.29) is 0 Å². The Morgan fingerprint density at radius 2 is 2.06 bits per heavy atom. The minimum Gasteiger partial charge on any atom is -0.496 e. The highest BCUT2D eigenvalue weighted by molar-refractivity contribution is 5.36. The molecule has 0 aromatic heterocycles. The molecule has 0 aliphatic heterocycles. The third kappa shape index (κ3) is 3.05. The highest BCUT2D eigenvalue weighted by atomic mass is 16.5. The zero-order chi connectivity index (χ0) is 13.0. The van der Waals surface area contributed by atoms with E-state index in [9.17, 15) is 0 Å². The lowest BCUT2D eigenvalue weighted by Gasteiger charge is -2.27. The van der Waals surface area contributed by atoms with Gasteiger partial charge in [-0.1, -0.05) is 32.0 Å². The zero-order valence-electron chi connectivity index (χ0n) is 11.8. The van der Waals surface area contributed by atoms with Gasteiger partial charge in [-0.3, -0.25) is 0 Å². The smallest absolute Gasteiger partial charge is 0.123 e. The lowest BCUT2D eigenvalue weighted by Crippen LogP contribution is -2.29. The number of hydrogen-bond donors (Lipinski definition) is 1. The minimum absolute atomic E-state index is 0.425. The van der Waals surface area contributed by atoms with Gasteiger partial charge >= 0.3 is 0 Å². The molecule has 2 rings (SSSR count). The second kappa shape index (κ2) is 6.24. The molecular formula is C16H25NO. The maximum absolute atomic E-state index is 5.52. The van der Waals surface area contributed by atoms with Crippen LogP contribution in [0.2, 0.25) is 0 Å². The van der Waals surface area contributed by atoms with Crippen LogP contribution in [0.15, 0.2) is 24.3 Å². The van der Waals surface area contributed by atoms with Gasteiger partial charge in [-0.2, -0.15) is 0 Å². The van der Waals surface area contributed by atoms with Crippen molar-refractivity contribution in [2.45, 2.75) is 39.2 Å². The monoisotopic (exact) mass is 247 g/mol. The summed E-state index contributed by atoms with van der Waals surface area (Å²) in [5.74, 6) is 2.59. The number of methoxy groups -OCH3 is 1. The van der Waals surface area contributed by atoms with Crippen LogP contribution in [0.4, 0.5) is 0 Å². The Labute approximate surface area is 111 Å². The summed E-state index contributed by atoms with van der Waals surface area (Å²) in [7, 11) is 1.76. The van der Waals surface area contributed by atoms with Gasteiger partial charge in [0.15, 0.2) is 0 Å². The molecule has 2 atom stereocenters. The molecule has 0 spiro atoms. The summed E-state index contributed by atoms with van der Waals surface area (Å²) in [5, 5.41) is 3.70. The van der Waals surface area contributed by atoms with E-state index < -0.39 is 0 Å². The largest absolute Gasteiger partial charge is 0.496 e. The summed E-state index contributed by atoms with van der Waals surface area (Å²) in [6.45, 7) is 5.66. The molecule has 1 saturated carbocycles. The summed E-state index contributed by atoms with van der Waals surface area (Å²) in [6, 6.07) is 8.84. The molecule has 1 aliphatic rings. The van der Waals surface area contributed by atoms with Gasteiger partial charge in [-0.15, -0.1) is 0 Å². The highest BCUT2D eigenvalue weighted by Gasteiger charge is 2.34. The molecule has 1 fully saturated rings. The average molecular weight is 247 g/mol. The van der Waals surface area contributed by atoms with Crippen LogP contribution in [0.5, 0.6) is 5.75 Å². The third-order valence-corrected chi connectivity index (χ3v) is 3.98. The summed E-state index contributed by atoms with van der Waals surface area (Å²) >= 11 is 0. The van der Waals surface area contributed by atoms with Crippen LogP contribution in [0.25, 0.3) is 0 Å². The van der Waals surface area contributed by atoms with Gasteiger partial charge in [-0.05, 0) is 43.7 Å². The minimum atomic E-state index is 0.425. The summed E-state index contributed by atoms with van der Waals surface area (Å²) in [4.78, 5) is 0. The van der Waals surface area contributed by atoms with Gasteiger partial charge in [0.1, 0.15) is 5.75 Å². The quantitative estimate of drug-likeness (QED) is 0.791. The maximum Gasteiger partial charge on any atom is 0.123 e. The first-order chi connectivity index (χ1) is 8.77. The third-order valence-electron chi connectivity index (χ3n) is 3.98. The summed E-state index contributed by atoms with van der Waals surface area (Å²) in [5.41, 5.74) is 1.31. The number of rotatable bonds is 7. The van der Waals surface area contributed by atoms with Crippen molar-refractivity contribution < 1.29 is 4.74 Å². The van der Waals surface area contributed by atoms with E-state index in [2.05, 4.69) is 37.4 Å². The molecule has 2 nitrogen and oxygen atoms in total.